The van der Waals surface area contributed by atoms with Crippen LogP contribution in [0.2, 0.25) is 0 Å². The summed E-state index contributed by atoms with van der Waals surface area (Å²) < 4.78 is 6.16. The first-order valence-electron chi connectivity index (χ1n) is 8.48. The van der Waals surface area contributed by atoms with Crippen LogP contribution in [0.3, 0.4) is 0 Å². The highest BCUT2D eigenvalue weighted by Crippen LogP contribution is 2.44. The first kappa shape index (κ1) is 15.1. The maximum Gasteiger partial charge on any atom is 0.0820 e. The molecule has 2 unspecified atom stereocenters. The molecule has 0 radical (unpaired) electrons. The minimum Gasteiger partial charge on any atom is -0.388 e. The second kappa shape index (κ2) is 6.10. The zero-order valence-electron chi connectivity index (χ0n) is 13.4. The van der Waals surface area contributed by atoms with Crippen molar-refractivity contribution in [3.8, 4) is 0 Å². The van der Waals surface area contributed by atoms with Gasteiger partial charge in [0.2, 0.25) is 0 Å². The van der Waals surface area contributed by atoms with Crippen LogP contribution in [0.25, 0.3) is 0 Å². The summed E-state index contributed by atoms with van der Waals surface area (Å²) in [5.74, 6) is 0.345. The molecule has 1 saturated heterocycles. The summed E-state index contributed by atoms with van der Waals surface area (Å²) in [5, 5.41) is 10.9. The van der Waals surface area contributed by atoms with Gasteiger partial charge in [-0.1, -0.05) is 48.6 Å². The molecule has 1 aromatic rings. The van der Waals surface area contributed by atoms with Crippen LogP contribution < -0.4 is 0 Å². The Kier molecular flexibility index (Phi) is 4.37. The van der Waals surface area contributed by atoms with E-state index in [9.17, 15) is 5.11 Å². The Hall–Kier alpha value is -0.860. The van der Waals surface area contributed by atoms with E-state index in [1.807, 2.05) is 0 Å². The van der Waals surface area contributed by atoms with Gasteiger partial charge in [-0.25, -0.2) is 0 Å². The molecule has 2 fully saturated rings. The van der Waals surface area contributed by atoms with Crippen molar-refractivity contribution < 1.29 is 9.84 Å². The first-order chi connectivity index (χ1) is 10.1. The van der Waals surface area contributed by atoms with Crippen LogP contribution in [0.5, 0.6) is 0 Å². The molecule has 1 N–H and O–H groups in total. The Bertz CT molecular complexity index is 463. The number of aliphatic hydroxyl groups is 1. The average molecular weight is 288 g/mol. The largest absolute Gasteiger partial charge is 0.388 e. The minimum absolute atomic E-state index is 0.0705. The molecule has 3 rings (SSSR count). The molecule has 0 bridgehead atoms. The van der Waals surface area contributed by atoms with Crippen LogP contribution in [0.15, 0.2) is 18.2 Å². The van der Waals surface area contributed by atoms with E-state index in [0.717, 1.165) is 25.0 Å². The maximum atomic E-state index is 10.9. The van der Waals surface area contributed by atoms with Crippen molar-refractivity contribution >= 4 is 0 Å². The predicted octanol–water partition coefficient (Wildman–Crippen LogP) is 4.47. The molecule has 1 spiro atoms. The van der Waals surface area contributed by atoms with Crippen molar-refractivity contribution in [2.75, 3.05) is 6.61 Å². The van der Waals surface area contributed by atoms with Crippen molar-refractivity contribution in [1.29, 1.82) is 0 Å². The zero-order valence-corrected chi connectivity index (χ0v) is 13.4. The Morgan fingerprint density at radius 2 is 1.76 bits per heavy atom. The Morgan fingerprint density at radius 1 is 1.10 bits per heavy atom. The molecule has 1 saturated carbocycles. The van der Waals surface area contributed by atoms with E-state index in [2.05, 4.69) is 32.0 Å². The van der Waals surface area contributed by atoms with Gasteiger partial charge in [-0.2, -0.15) is 0 Å². The van der Waals surface area contributed by atoms with Crippen molar-refractivity contribution in [2.45, 2.75) is 70.5 Å². The molecule has 2 heteroatoms. The third kappa shape index (κ3) is 3.32. The van der Waals surface area contributed by atoms with Crippen LogP contribution in [-0.4, -0.2) is 17.3 Å². The van der Waals surface area contributed by atoms with E-state index in [0.29, 0.717) is 5.92 Å². The van der Waals surface area contributed by atoms with E-state index in [-0.39, 0.29) is 11.7 Å². The Labute approximate surface area is 128 Å². The van der Waals surface area contributed by atoms with Gasteiger partial charge in [-0.3, -0.25) is 0 Å². The van der Waals surface area contributed by atoms with E-state index >= 15 is 0 Å². The van der Waals surface area contributed by atoms with Crippen LogP contribution in [0.4, 0.5) is 0 Å². The molecule has 1 heterocycles. The van der Waals surface area contributed by atoms with Gasteiger partial charge >= 0.3 is 0 Å². The van der Waals surface area contributed by atoms with Gasteiger partial charge in [0, 0.05) is 6.61 Å². The van der Waals surface area contributed by atoms with Crippen LogP contribution in [0.1, 0.15) is 67.7 Å². The second-order valence-electron chi connectivity index (χ2n) is 7.21. The van der Waals surface area contributed by atoms with Gasteiger partial charge < -0.3 is 9.84 Å². The number of hydrogen-bond acceptors (Lipinski definition) is 2. The maximum absolute atomic E-state index is 10.9. The lowest BCUT2D eigenvalue weighted by molar-refractivity contribution is -0.134. The van der Waals surface area contributed by atoms with E-state index in [1.165, 1.54) is 43.2 Å². The predicted molar refractivity (Wildman–Crippen MR) is 85.4 cm³/mol. The summed E-state index contributed by atoms with van der Waals surface area (Å²) in [6, 6.07) is 6.45. The highest BCUT2D eigenvalue weighted by atomic mass is 16.5. The SMILES string of the molecule is Cc1cc(C)cc(C(O)C2CCOC3(CCCCC3)C2)c1. The molecule has 0 aromatic heterocycles. The van der Waals surface area contributed by atoms with Gasteiger partial charge in [0.1, 0.15) is 0 Å². The Morgan fingerprint density at radius 3 is 2.43 bits per heavy atom. The van der Waals surface area contributed by atoms with Gasteiger partial charge in [-0.05, 0) is 51.0 Å². The van der Waals surface area contributed by atoms with Crippen molar-refractivity contribution in [3.63, 3.8) is 0 Å². The van der Waals surface area contributed by atoms with Gasteiger partial charge in [0.25, 0.3) is 0 Å². The zero-order chi connectivity index (χ0) is 14.9. The summed E-state index contributed by atoms with van der Waals surface area (Å²) in [6.45, 7) is 5.03. The molecule has 2 atom stereocenters. The smallest absolute Gasteiger partial charge is 0.0820 e. The van der Waals surface area contributed by atoms with Crippen LogP contribution >= 0.6 is 0 Å². The number of aryl methyl sites for hydroxylation is 2. The molecular formula is C19H28O2. The van der Waals surface area contributed by atoms with Crippen molar-refractivity contribution in [2.24, 2.45) is 5.92 Å². The Balaban J connectivity index is 1.76. The third-order valence-corrected chi connectivity index (χ3v) is 5.33. The van der Waals surface area contributed by atoms with Crippen LogP contribution in [-0.2, 0) is 4.74 Å². The first-order valence-corrected chi connectivity index (χ1v) is 8.48. The standard InChI is InChI=1S/C19H28O2/c1-14-10-15(2)12-17(11-14)18(20)16-6-9-21-19(13-16)7-4-3-5-8-19/h10-12,16,18,20H,3-9,13H2,1-2H3. The van der Waals surface area contributed by atoms with Crippen molar-refractivity contribution in [3.05, 3.63) is 34.9 Å². The van der Waals surface area contributed by atoms with E-state index < -0.39 is 0 Å². The molecule has 1 aliphatic heterocycles. The van der Waals surface area contributed by atoms with Crippen molar-refractivity contribution in [1.82, 2.24) is 0 Å². The van der Waals surface area contributed by atoms with Gasteiger partial charge in [0.15, 0.2) is 0 Å². The number of rotatable bonds is 2. The molecule has 1 aromatic carbocycles. The summed E-state index contributed by atoms with van der Waals surface area (Å²) >= 11 is 0. The lowest BCUT2D eigenvalue weighted by Gasteiger charge is -2.44. The summed E-state index contributed by atoms with van der Waals surface area (Å²) in [6.07, 6.45) is 7.95. The molecule has 21 heavy (non-hydrogen) atoms. The lowest BCUT2D eigenvalue weighted by atomic mass is 9.73. The lowest BCUT2D eigenvalue weighted by Crippen LogP contribution is -2.42. The van der Waals surface area contributed by atoms with E-state index in [1.54, 1.807) is 0 Å². The molecule has 116 valence electrons. The third-order valence-electron chi connectivity index (χ3n) is 5.33. The summed E-state index contributed by atoms with van der Waals surface area (Å²) in [5.41, 5.74) is 3.64. The minimum atomic E-state index is -0.341. The number of benzene rings is 1. The highest BCUT2D eigenvalue weighted by molar-refractivity contribution is 5.30. The summed E-state index contributed by atoms with van der Waals surface area (Å²) in [7, 11) is 0. The van der Waals surface area contributed by atoms with Gasteiger partial charge in [0.05, 0.1) is 11.7 Å². The second-order valence-corrected chi connectivity index (χ2v) is 7.21. The number of ether oxygens (including phenoxy) is 1. The number of aliphatic hydroxyl groups excluding tert-OH is 1. The fourth-order valence-corrected chi connectivity index (χ4v) is 4.33. The molecule has 0 amide bonds. The molecule has 2 nitrogen and oxygen atoms in total. The molecular weight excluding hydrogens is 260 g/mol. The highest BCUT2D eigenvalue weighted by Gasteiger charge is 2.40. The average Bonchev–Trinajstić information content (AvgIpc) is 2.46. The fourth-order valence-electron chi connectivity index (χ4n) is 4.33. The fraction of sp³-hybridized carbons (Fsp3) is 0.684. The number of hydrogen-bond donors (Lipinski definition) is 1. The van der Waals surface area contributed by atoms with Gasteiger partial charge in [-0.15, -0.1) is 0 Å². The molecule has 2 aliphatic rings. The monoisotopic (exact) mass is 288 g/mol. The molecule has 1 aliphatic carbocycles. The van der Waals surface area contributed by atoms with E-state index in [4.69, 9.17) is 4.74 Å². The van der Waals surface area contributed by atoms with Crippen LogP contribution in [0, 0.1) is 19.8 Å². The summed E-state index contributed by atoms with van der Waals surface area (Å²) in [4.78, 5) is 0. The quantitative estimate of drug-likeness (QED) is 0.870. The normalized spacial score (nSPS) is 26.7. The topological polar surface area (TPSA) is 29.5 Å².